The molecule has 3 aromatic rings. The fourth-order valence-electron chi connectivity index (χ4n) is 3.12. The highest BCUT2D eigenvalue weighted by atomic mass is 35.5. The molecule has 0 spiro atoms. The van der Waals surface area contributed by atoms with Gasteiger partial charge in [-0.2, -0.15) is 30.6 Å². The van der Waals surface area contributed by atoms with Crippen LogP contribution in [0.15, 0.2) is 60.8 Å². The molecule has 0 aliphatic rings. The van der Waals surface area contributed by atoms with Gasteiger partial charge in [-0.25, -0.2) is 9.78 Å². The van der Waals surface area contributed by atoms with Gasteiger partial charge in [0.05, 0.1) is 18.7 Å². The maximum atomic E-state index is 13.0. The first kappa shape index (κ1) is 30.0. The van der Waals surface area contributed by atoms with E-state index in [4.69, 9.17) is 25.8 Å². The van der Waals surface area contributed by atoms with E-state index in [1.807, 2.05) is 0 Å². The summed E-state index contributed by atoms with van der Waals surface area (Å²) in [6, 6.07) is 13.0. The summed E-state index contributed by atoms with van der Waals surface area (Å²) in [6.45, 7) is -0.468. The molecule has 39 heavy (non-hydrogen) atoms. The highest BCUT2D eigenvalue weighted by molar-refractivity contribution is 7.87. The number of rotatable bonds is 12. The summed E-state index contributed by atoms with van der Waals surface area (Å²) in [5.41, 5.74) is -0.466. The molecule has 2 N–H and O–H groups in total. The molecule has 1 aromatic heterocycles. The number of pyridine rings is 1. The van der Waals surface area contributed by atoms with Gasteiger partial charge in [-0.15, -0.1) is 0 Å². The van der Waals surface area contributed by atoms with Crippen LogP contribution in [0.5, 0.6) is 17.4 Å². The van der Waals surface area contributed by atoms with Gasteiger partial charge in [0.15, 0.2) is 0 Å². The lowest BCUT2D eigenvalue weighted by molar-refractivity contribution is -0.137. The quantitative estimate of drug-likeness (QED) is 0.280. The molecule has 0 unspecified atom stereocenters. The van der Waals surface area contributed by atoms with Crippen LogP contribution in [-0.2, 0) is 34.2 Å². The molecule has 0 aliphatic carbocycles. The predicted molar refractivity (Wildman–Crippen MR) is 134 cm³/mol. The molecule has 0 bridgehead atoms. The zero-order valence-electron chi connectivity index (χ0n) is 20.3. The number of hydrogen-bond acceptors (Lipinski definition) is 7. The third kappa shape index (κ3) is 8.45. The molecule has 0 saturated carbocycles. The number of carboxylic acid groups (broad SMARTS) is 1. The lowest BCUT2D eigenvalue weighted by atomic mass is 10.2. The second kappa shape index (κ2) is 13.0. The van der Waals surface area contributed by atoms with Crippen molar-refractivity contribution >= 4 is 27.9 Å². The first-order chi connectivity index (χ1) is 18.4. The minimum absolute atomic E-state index is 0.0493. The Hall–Kier alpha value is -3.59. The molecule has 10 nitrogen and oxygen atoms in total. The minimum Gasteiger partial charge on any atom is -0.491 e. The van der Waals surface area contributed by atoms with Crippen LogP contribution in [0.4, 0.5) is 18.0 Å². The fraction of sp³-hybridized carbons (Fsp3) is 0.250. The topological polar surface area (TPSA) is 127 Å². The SMILES string of the molecule is COCCOc1ccc(CNS(=O)(=O)N(Cc2ccccc2)C(=O)O)c(Oc2ncc(C(F)(F)F)cc2Cl)c1. The Labute approximate surface area is 227 Å². The maximum absolute atomic E-state index is 13.0. The van der Waals surface area contributed by atoms with E-state index in [1.165, 1.54) is 25.3 Å². The number of hydrogen-bond donors (Lipinski definition) is 2. The van der Waals surface area contributed by atoms with E-state index in [0.717, 1.165) is 0 Å². The Morgan fingerprint density at radius 1 is 1.13 bits per heavy atom. The average Bonchev–Trinajstić information content (AvgIpc) is 2.88. The van der Waals surface area contributed by atoms with Gasteiger partial charge in [-0.1, -0.05) is 48.0 Å². The monoisotopic (exact) mass is 589 g/mol. The molecule has 0 aliphatic heterocycles. The van der Waals surface area contributed by atoms with E-state index in [1.54, 1.807) is 30.3 Å². The van der Waals surface area contributed by atoms with E-state index >= 15 is 0 Å². The van der Waals surface area contributed by atoms with E-state index in [9.17, 15) is 31.5 Å². The smallest absolute Gasteiger partial charge is 0.422 e. The first-order valence-corrected chi connectivity index (χ1v) is 12.9. The number of halogens is 4. The zero-order valence-corrected chi connectivity index (χ0v) is 21.9. The van der Waals surface area contributed by atoms with Crippen molar-refractivity contribution in [2.24, 2.45) is 0 Å². The molecule has 1 heterocycles. The summed E-state index contributed by atoms with van der Waals surface area (Å²) in [4.78, 5) is 15.4. The molecule has 0 fully saturated rings. The Bertz CT molecular complexity index is 1390. The molecule has 210 valence electrons. The molecule has 0 radical (unpaired) electrons. The van der Waals surface area contributed by atoms with Crippen molar-refractivity contribution in [1.29, 1.82) is 0 Å². The second-order valence-electron chi connectivity index (χ2n) is 7.82. The summed E-state index contributed by atoms with van der Waals surface area (Å²) >= 11 is 5.96. The van der Waals surface area contributed by atoms with Crippen LogP contribution in [0.3, 0.4) is 0 Å². The van der Waals surface area contributed by atoms with E-state index in [-0.39, 0.29) is 40.5 Å². The highest BCUT2D eigenvalue weighted by Crippen LogP contribution is 2.36. The van der Waals surface area contributed by atoms with Crippen molar-refractivity contribution in [1.82, 2.24) is 14.0 Å². The van der Waals surface area contributed by atoms with Gasteiger partial charge in [-0.05, 0) is 17.7 Å². The number of aromatic nitrogens is 1. The number of nitrogens with zero attached hydrogens (tertiary/aromatic N) is 2. The normalized spacial score (nSPS) is 11.7. The molecule has 0 atom stereocenters. The number of nitrogens with one attached hydrogen (secondary N) is 1. The predicted octanol–water partition coefficient (Wildman–Crippen LogP) is 5.09. The van der Waals surface area contributed by atoms with Crippen LogP contribution < -0.4 is 14.2 Å². The van der Waals surface area contributed by atoms with Crippen molar-refractivity contribution in [3.05, 3.63) is 82.5 Å². The lowest BCUT2D eigenvalue weighted by Gasteiger charge is -2.20. The average molecular weight is 590 g/mol. The summed E-state index contributed by atoms with van der Waals surface area (Å²) in [5.74, 6) is -0.154. The standard InChI is InChI=1S/C24H23ClF3N3O7S/c1-36-9-10-37-19-8-7-17(21(12-19)38-22-20(25)11-18(14-29-22)24(26,27)28)13-30-39(34,35)31(23(32)33)15-16-5-3-2-4-6-16/h2-8,11-12,14,30H,9-10,13,15H2,1H3,(H,32,33). The van der Waals surface area contributed by atoms with Gasteiger partial charge < -0.3 is 19.3 Å². The number of carbonyl (C=O) groups is 1. The Morgan fingerprint density at radius 3 is 2.46 bits per heavy atom. The number of alkyl halides is 3. The highest BCUT2D eigenvalue weighted by Gasteiger charge is 2.32. The van der Waals surface area contributed by atoms with Gasteiger partial charge in [0.1, 0.15) is 23.1 Å². The third-order valence-corrected chi connectivity index (χ3v) is 6.70. The maximum Gasteiger partial charge on any atom is 0.422 e. The molecule has 2 aromatic carbocycles. The minimum atomic E-state index is -4.68. The second-order valence-corrected chi connectivity index (χ2v) is 9.91. The van der Waals surface area contributed by atoms with E-state index in [0.29, 0.717) is 17.8 Å². The molecule has 1 amide bonds. The van der Waals surface area contributed by atoms with Crippen LogP contribution in [0.1, 0.15) is 16.7 Å². The van der Waals surface area contributed by atoms with Crippen molar-refractivity contribution in [3.8, 4) is 17.4 Å². The molecule has 0 saturated heterocycles. The summed E-state index contributed by atoms with van der Waals surface area (Å²) in [7, 11) is -3.08. The third-order valence-electron chi connectivity index (χ3n) is 5.05. The lowest BCUT2D eigenvalue weighted by Crippen LogP contribution is -2.43. The van der Waals surface area contributed by atoms with E-state index in [2.05, 4.69) is 9.71 Å². The zero-order chi connectivity index (χ0) is 28.6. The summed E-state index contributed by atoms with van der Waals surface area (Å²) in [6.07, 6.45) is -5.84. The fourth-order valence-corrected chi connectivity index (χ4v) is 4.34. The van der Waals surface area contributed by atoms with Gasteiger partial charge >= 0.3 is 22.5 Å². The molecule has 15 heteroatoms. The van der Waals surface area contributed by atoms with E-state index < -0.39 is 46.2 Å². The van der Waals surface area contributed by atoms with Crippen LogP contribution in [0.2, 0.25) is 5.02 Å². The van der Waals surface area contributed by atoms with Crippen molar-refractivity contribution in [2.45, 2.75) is 19.3 Å². The molecular weight excluding hydrogens is 567 g/mol. The van der Waals surface area contributed by atoms with Crippen LogP contribution in [0.25, 0.3) is 0 Å². The number of amides is 1. The first-order valence-electron chi connectivity index (χ1n) is 11.1. The van der Waals surface area contributed by atoms with Crippen molar-refractivity contribution < 1.29 is 45.7 Å². The van der Waals surface area contributed by atoms with Crippen LogP contribution >= 0.6 is 11.6 Å². The summed E-state index contributed by atoms with van der Waals surface area (Å²) in [5, 5.41) is 9.08. The van der Waals surface area contributed by atoms with Gasteiger partial charge in [0.2, 0.25) is 5.88 Å². The number of methoxy groups -OCH3 is 1. The Morgan fingerprint density at radius 2 is 1.85 bits per heavy atom. The molecular formula is C24H23ClF3N3O7S. The van der Waals surface area contributed by atoms with Gasteiger partial charge in [0, 0.05) is 31.5 Å². The number of benzene rings is 2. The van der Waals surface area contributed by atoms with Crippen LogP contribution in [-0.4, -0.2) is 49.2 Å². The van der Waals surface area contributed by atoms with Gasteiger partial charge in [0.25, 0.3) is 0 Å². The largest absolute Gasteiger partial charge is 0.491 e. The summed E-state index contributed by atoms with van der Waals surface area (Å²) < 4.78 is 83.2. The van der Waals surface area contributed by atoms with Crippen molar-refractivity contribution in [3.63, 3.8) is 0 Å². The Balaban J connectivity index is 1.87. The molecule has 3 rings (SSSR count). The van der Waals surface area contributed by atoms with Crippen molar-refractivity contribution in [2.75, 3.05) is 20.3 Å². The van der Waals surface area contributed by atoms with Crippen LogP contribution in [0, 0.1) is 0 Å². The number of ether oxygens (including phenoxy) is 3. The Kier molecular flexibility index (Phi) is 9.97. The van der Waals surface area contributed by atoms with Gasteiger partial charge in [-0.3, -0.25) is 0 Å².